The van der Waals surface area contributed by atoms with Gasteiger partial charge in [-0.2, -0.15) is 5.10 Å². The third-order valence-corrected chi connectivity index (χ3v) is 4.06. The van der Waals surface area contributed by atoms with Crippen molar-refractivity contribution in [3.8, 4) is 5.75 Å². The van der Waals surface area contributed by atoms with E-state index in [9.17, 15) is 4.79 Å². The van der Waals surface area contributed by atoms with Crippen LogP contribution in [-0.2, 0) is 6.61 Å². The highest BCUT2D eigenvalue weighted by atomic mass is 35.5. The quantitative estimate of drug-likeness (QED) is 0.511. The summed E-state index contributed by atoms with van der Waals surface area (Å²) in [6.45, 7) is 2.09. The lowest BCUT2D eigenvalue weighted by Crippen LogP contribution is -2.17. The Morgan fingerprint density at radius 1 is 1.23 bits per heavy atom. The van der Waals surface area contributed by atoms with Crippen molar-refractivity contribution in [1.29, 1.82) is 0 Å². The van der Waals surface area contributed by atoms with Gasteiger partial charge in [0.05, 0.1) is 18.0 Å². The number of furan rings is 1. The highest BCUT2D eigenvalue weighted by Gasteiger charge is 2.09. The van der Waals surface area contributed by atoms with E-state index >= 15 is 0 Å². The van der Waals surface area contributed by atoms with E-state index in [1.165, 1.54) is 6.26 Å². The van der Waals surface area contributed by atoms with Crippen molar-refractivity contribution in [2.24, 2.45) is 5.10 Å². The number of halogens is 1. The van der Waals surface area contributed by atoms with Crippen molar-refractivity contribution >= 4 is 23.7 Å². The molecule has 0 saturated carbocycles. The summed E-state index contributed by atoms with van der Waals surface area (Å²) >= 11 is 6.13. The van der Waals surface area contributed by atoms with Gasteiger partial charge in [-0.1, -0.05) is 41.9 Å². The van der Waals surface area contributed by atoms with Gasteiger partial charge in [0, 0.05) is 10.6 Å². The van der Waals surface area contributed by atoms with Gasteiger partial charge < -0.3 is 9.15 Å². The molecule has 0 aliphatic heterocycles. The van der Waals surface area contributed by atoms with E-state index in [0.29, 0.717) is 28.7 Å². The molecule has 5 nitrogen and oxygen atoms in total. The summed E-state index contributed by atoms with van der Waals surface area (Å²) in [4.78, 5) is 12.0. The van der Waals surface area contributed by atoms with Gasteiger partial charge >= 0.3 is 0 Å². The average molecular weight is 369 g/mol. The number of rotatable bonds is 6. The van der Waals surface area contributed by atoms with Gasteiger partial charge in [-0.25, -0.2) is 5.43 Å². The third-order valence-electron chi connectivity index (χ3n) is 3.69. The Morgan fingerprint density at radius 3 is 2.85 bits per heavy atom. The van der Waals surface area contributed by atoms with Crippen molar-refractivity contribution < 1.29 is 13.9 Å². The van der Waals surface area contributed by atoms with Crippen LogP contribution in [0.25, 0.3) is 0 Å². The number of nitrogens with zero attached hydrogens (tertiary/aromatic N) is 1. The molecule has 1 aromatic heterocycles. The number of carbonyl (C=O) groups excluding carboxylic acids is 1. The number of benzene rings is 2. The molecule has 0 saturated heterocycles. The Balaban J connectivity index is 1.59. The number of hydrogen-bond donors (Lipinski definition) is 1. The number of hydrazone groups is 1. The van der Waals surface area contributed by atoms with E-state index in [4.69, 9.17) is 20.8 Å². The summed E-state index contributed by atoms with van der Waals surface area (Å²) in [6.07, 6.45) is 3.02. The molecule has 3 aromatic rings. The maximum Gasteiger partial charge on any atom is 0.274 e. The minimum atomic E-state index is -0.321. The molecule has 6 heteroatoms. The zero-order valence-electron chi connectivity index (χ0n) is 14.1. The van der Waals surface area contributed by atoms with E-state index < -0.39 is 0 Å². The molecule has 2 aromatic carbocycles. The smallest absolute Gasteiger partial charge is 0.274 e. The van der Waals surface area contributed by atoms with Gasteiger partial charge in [0.25, 0.3) is 5.91 Å². The summed E-state index contributed by atoms with van der Waals surface area (Å²) < 4.78 is 10.9. The molecule has 132 valence electrons. The minimum Gasteiger partial charge on any atom is -0.489 e. The van der Waals surface area contributed by atoms with Gasteiger partial charge in [-0.15, -0.1) is 0 Å². The highest BCUT2D eigenvalue weighted by Crippen LogP contribution is 2.19. The second kappa shape index (κ2) is 8.36. The standard InChI is InChI=1S/C20H17ClN2O3/c1-14-18(9-10-25-14)20(24)23-22-12-15-5-4-7-17(11-15)26-13-16-6-2-3-8-19(16)21/h2-12H,13H2,1H3,(H,23,24)/b22-12-. The molecule has 0 radical (unpaired) electrons. The number of hydrogen-bond acceptors (Lipinski definition) is 4. The number of aryl methyl sites for hydroxylation is 1. The highest BCUT2D eigenvalue weighted by molar-refractivity contribution is 6.31. The summed E-state index contributed by atoms with van der Waals surface area (Å²) in [6, 6.07) is 16.5. The predicted octanol–water partition coefficient (Wildman–Crippen LogP) is 4.58. The van der Waals surface area contributed by atoms with E-state index in [2.05, 4.69) is 10.5 Å². The summed E-state index contributed by atoms with van der Waals surface area (Å²) in [5.74, 6) is 0.914. The third kappa shape index (κ3) is 4.52. The van der Waals surface area contributed by atoms with E-state index in [1.54, 1.807) is 19.2 Å². The van der Waals surface area contributed by atoms with Gasteiger partial charge in [0.2, 0.25) is 0 Å². The SMILES string of the molecule is Cc1occc1C(=O)N/N=C\c1cccc(OCc2ccccc2Cl)c1. The Morgan fingerprint density at radius 2 is 2.08 bits per heavy atom. The van der Waals surface area contributed by atoms with Crippen LogP contribution >= 0.6 is 11.6 Å². The van der Waals surface area contributed by atoms with Crippen molar-refractivity contribution in [3.63, 3.8) is 0 Å². The first-order valence-electron chi connectivity index (χ1n) is 7.97. The van der Waals surface area contributed by atoms with Crippen LogP contribution in [0.15, 0.2) is 70.4 Å². The molecule has 1 heterocycles. The normalized spacial score (nSPS) is 10.8. The van der Waals surface area contributed by atoms with Crippen molar-refractivity contribution in [1.82, 2.24) is 5.43 Å². The van der Waals surface area contributed by atoms with Gasteiger partial charge in [0.15, 0.2) is 0 Å². The summed E-state index contributed by atoms with van der Waals surface area (Å²) in [7, 11) is 0. The largest absolute Gasteiger partial charge is 0.489 e. The first kappa shape index (κ1) is 17.8. The van der Waals surface area contributed by atoms with E-state index in [1.807, 2.05) is 48.5 Å². The maximum absolute atomic E-state index is 12.0. The van der Waals surface area contributed by atoms with Crippen LogP contribution < -0.4 is 10.2 Å². The fraction of sp³-hybridized carbons (Fsp3) is 0.100. The molecule has 1 N–H and O–H groups in total. The lowest BCUT2D eigenvalue weighted by molar-refractivity contribution is 0.0953. The molecular weight excluding hydrogens is 352 g/mol. The number of ether oxygens (including phenoxy) is 1. The fourth-order valence-electron chi connectivity index (χ4n) is 2.31. The fourth-order valence-corrected chi connectivity index (χ4v) is 2.50. The summed E-state index contributed by atoms with van der Waals surface area (Å²) in [5.41, 5.74) is 4.64. The van der Waals surface area contributed by atoms with E-state index in [-0.39, 0.29) is 5.91 Å². The van der Waals surface area contributed by atoms with Crippen LogP contribution in [0.3, 0.4) is 0 Å². The van der Waals surface area contributed by atoms with Crippen LogP contribution in [0, 0.1) is 6.92 Å². The van der Waals surface area contributed by atoms with Gasteiger partial charge in [-0.3, -0.25) is 4.79 Å². The molecule has 0 aliphatic carbocycles. The zero-order valence-corrected chi connectivity index (χ0v) is 14.9. The molecule has 0 unspecified atom stereocenters. The Kier molecular flexibility index (Phi) is 5.71. The van der Waals surface area contributed by atoms with Crippen LogP contribution in [0.5, 0.6) is 5.75 Å². The van der Waals surface area contributed by atoms with Crippen molar-refractivity contribution in [2.45, 2.75) is 13.5 Å². The van der Waals surface area contributed by atoms with Crippen LogP contribution in [0.4, 0.5) is 0 Å². The lowest BCUT2D eigenvalue weighted by atomic mass is 10.2. The molecule has 0 aliphatic rings. The zero-order chi connectivity index (χ0) is 18.4. The van der Waals surface area contributed by atoms with Crippen LogP contribution in [0.2, 0.25) is 5.02 Å². The maximum atomic E-state index is 12.0. The first-order valence-corrected chi connectivity index (χ1v) is 8.35. The van der Waals surface area contributed by atoms with Gasteiger partial charge in [-0.05, 0) is 36.8 Å². The predicted molar refractivity (Wildman–Crippen MR) is 101 cm³/mol. The van der Waals surface area contributed by atoms with Crippen LogP contribution in [-0.4, -0.2) is 12.1 Å². The first-order chi connectivity index (χ1) is 12.6. The topological polar surface area (TPSA) is 63.8 Å². The number of amides is 1. The average Bonchev–Trinajstić information content (AvgIpc) is 3.07. The second-order valence-electron chi connectivity index (χ2n) is 5.54. The van der Waals surface area contributed by atoms with Crippen molar-refractivity contribution in [3.05, 3.63) is 88.3 Å². The molecule has 0 atom stereocenters. The molecule has 26 heavy (non-hydrogen) atoms. The number of carbonyl (C=O) groups is 1. The second-order valence-corrected chi connectivity index (χ2v) is 5.95. The Bertz CT molecular complexity index is 934. The van der Waals surface area contributed by atoms with Gasteiger partial charge in [0.1, 0.15) is 18.1 Å². The molecule has 1 amide bonds. The molecule has 0 bridgehead atoms. The Hall–Kier alpha value is -3.05. The molecular formula is C20H17ClN2O3. The minimum absolute atomic E-state index is 0.321. The Labute approximate surface area is 156 Å². The number of nitrogens with one attached hydrogen (secondary N) is 1. The van der Waals surface area contributed by atoms with Crippen molar-refractivity contribution in [2.75, 3.05) is 0 Å². The molecule has 0 fully saturated rings. The lowest BCUT2D eigenvalue weighted by Gasteiger charge is -2.08. The molecule has 0 spiro atoms. The summed E-state index contributed by atoms with van der Waals surface area (Å²) in [5, 5.41) is 4.64. The molecule has 3 rings (SSSR count). The van der Waals surface area contributed by atoms with Crippen LogP contribution in [0.1, 0.15) is 27.2 Å². The van der Waals surface area contributed by atoms with E-state index in [0.717, 1.165) is 11.1 Å². The monoisotopic (exact) mass is 368 g/mol.